The van der Waals surface area contributed by atoms with Crippen molar-refractivity contribution in [2.45, 2.75) is 25.8 Å². The molecule has 4 nitrogen and oxygen atoms in total. The number of fused-ring (bicyclic) bond motifs is 1. The average Bonchev–Trinajstić information content (AvgIpc) is 2.83. The molecule has 1 N–H and O–H groups in total. The maximum atomic E-state index is 4.78. The molecule has 0 radical (unpaired) electrons. The van der Waals surface area contributed by atoms with Crippen LogP contribution < -0.4 is 5.32 Å². The number of benzene rings is 1. The van der Waals surface area contributed by atoms with Crippen LogP contribution in [0.25, 0.3) is 11.0 Å². The molecule has 0 spiro atoms. The normalized spacial score (nSPS) is 21.8. The summed E-state index contributed by atoms with van der Waals surface area (Å²) >= 11 is 0. The van der Waals surface area contributed by atoms with E-state index in [0.717, 1.165) is 23.8 Å². The molecule has 4 heteroatoms. The van der Waals surface area contributed by atoms with E-state index in [4.69, 9.17) is 4.98 Å². The second-order valence-corrected chi connectivity index (χ2v) is 6.42. The summed E-state index contributed by atoms with van der Waals surface area (Å²) in [6, 6.07) is 8.63. The lowest BCUT2D eigenvalue weighted by Crippen LogP contribution is -2.38. The van der Waals surface area contributed by atoms with E-state index in [1.54, 1.807) is 0 Å². The molecule has 1 saturated heterocycles. The lowest BCUT2D eigenvalue weighted by atomic mass is 9.98. The largest absolute Gasteiger partial charge is 0.330 e. The maximum absolute atomic E-state index is 4.78. The van der Waals surface area contributed by atoms with Gasteiger partial charge in [-0.15, -0.1) is 0 Å². The molecule has 2 heterocycles. The second-order valence-electron chi connectivity index (χ2n) is 6.42. The van der Waals surface area contributed by atoms with Crippen molar-refractivity contribution in [3.05, 3.63) is 30.1 Å². The Bertz CT molecular complexity index is 604. The molecule has 1 fully saturated rings. The van der Waals surface area contributed by atoms with Crippen molar-refractivity contribution in [2.75, 3.05) is 26.7 Å². The summed E-state index contributed by atoms with van der Waals surface area (Å²) < 4.78 is 2.21. The summed E-state index contributed by atoms with van der Waals surface area (Å²) in [5, 5.41) is 3.68. The van der Waals surface area contributed by atoms with Crippen LogP contribution >= 0.6 is 0 Å². The molecule has 0 aliphatic carbocycles. The van der Waals surface area contributed by atoms with E-state index in [-0.39, 0.29) is 6.04 Å². The van der Waals surface area contributed by atoms with Crippen molar-refractivity contribution in [2.24, 2.45) is 13.0 Å². The van der Waals surface area contributed by atoms with Crippen molar-refractivity contribution >= 4 is 11.0 Å². The minimum Gasteiger partial charge on any atom is -0.330 e. The Hall–Kier alpha value is -1.39. The Balaban J connectivity index is 1.66. The van der Waals surface area contributed by atoms with Crippen LogP contribution in [0.15, 0.2) is 24.3 Å². The van der Waals surface area contributed by atoms with Gasteiger partial charge in [-0.1, -0.05) is 12.1 Å². The monoisotopic (exact) mass is 286 g/mol. The van der Waals surface area contributed by atoms with E-state index < -0.39 is 0 Å². The minimum absolute atomic E-state index is 0.287. The second kappa shape index (κ2) is 6.16. The van der Waals surface area contributed by atoms with Crippen LogP contribution in [-0.2, 0) is 7.05 Å². The molecule has 2 unspecified atom stereocenters. The highest BCUT2D eigenvalue weighted by Gasteiger charge is 2.19. The van der Waals surface area contributed by atoms with Gasteiger partial charge in [0.15, 0.2) is 0 Å². The predicted octanol–water partition coefficient (Wildman–Crippen LogP) is 2.57. The summed E-state index contributed by atoms with van der Waals surface area (Å²) in [6.07, 6.45) is 2.66. The Morgan fingerprint density at radius 2 is 2.14 bits per heavy atom. The lowest BCUT2D eigenvalue weighted by Gasteiger charge is -2.30. The van der Waals surface area contributed by atoms with E-state index in [2.05, 4.69) is 60.1 Å². The number of para-hydroxylation sites is 2. The molecule has 0 saturated carbocycles. The molecule has 1 aromatic carbocycles. The highest BCUT2D eigenvalue weighted by Crippen LogP contribution is 2.20. The van der Waals surface area contributed by atoms with E-state index in [1.807, 2.05) is 0 Å². The van der Waals surface area contributed by atoms with Crippen LogP contribution in [0.3, 0.4) is 0 Å². The van der Waals surface area contributed by atoms with Crippen molar-refractivity contribution < 1.29 is 0 Å². The third-order valence-electron chi connectivity index (χ3n) is 4.64. The number of nitrogens with zero attached hydrogens (tertiary/aromatic N) is 3. The van der Waals surface area contributed by atoms with E-state index in [1.165, 1.54) is 31.4 Å². The Kier molecular flexibility index (Phi) is 4.27. The van der Waals surface area contributed by atoms with Gasteiger partial charge in [-0.2, -0.15) is 0 Å². The summed E-state index contributed by atoms with van der Waals surface area (Å²) in [6.45, 7) is 5.75. The zero-order valence-corrected chi connectivity index (χ0v) is 13.3. The third-order valence-corrected chi connectivity index (χ3v) is 4.64. The number of hydrogen-bond donors (Lipinski definition) is 1. The highest BCUT2D eigenvalue weighted by molar-refractivity contribution is 5.75. The van der Waals surface area contributed by atoms with E-state index in [9.17, 15) is 0 Å². The van der Waals surface area contributed by atoms with Gasteiger partial charge in [0.1, 0.15) is 5.82 Å². The van der Waals surface area contributed by atoms with Crippen molar-refractivity contribution in [1.82, 2.24) is 19.8 Å². The molecule has 114 valence electrons. The van der Waals surface area contributed by atoms with Crippen LogP contribution in [0.4, 0.5) is 0 Å². The molecular weight excluding hydrogens is 260 g/mol. The summed E-state index contributed by atoms with van der Waals surface area (Å²) in [5.41, 5.74) is 2.29. The lowest BCUT2D eigenvalue weighted by molar-refractivity contribution is 0.203. The first-order valence-corrected chi connectivity index (χ1v) is 7.98. The molecule has 1 aliphatic heterocycles. The van der Waals surface area contributed by atoms with Gasteiger partial charge in [0.2, 0.25) is 0 Å². The smallest absolute Gasteiger partial charge is 0.126 e. The average molecular weight is 286 g/mol. The Morgan fingerprint density at radius 3 is 2.90 bits per heavy atom. The SMILES string of the molecule is CC(NCC1CCCN(C)C1)c1nc2ccccc2n1C. The Morgan fingerprint density at radius 1 is 1.33 bits per heavy atom. The van der Waals surface area contributed by atoms with Crippen LogP contribution in [0.1, 0.15) is 31.6 Å². The number of hydrogen-bond acceptors (Lipinski definition) is 3. The maximum Gasteiger partial charge on any atom is 0.126 e. The van der Waals surface area contributed by atoms with E-state index >= 15 is 0 Å². The summed E-state index contributed by atoms with van der Waals surface area (Å²) in [4.78, 5) is 7.22. The van der Waals surface area contributed by atoms with Gasteiger partial charge in [0.05, 0.1) is 17.1 Å². The number of rotatable bonds is 4. The van der Waals surface area contributed by atoms with Crippen LogP contribution in [0.2, 0.25) is 0 Å². The molecule has 21 heavy (non-hydrogen) atoms. The zero-order chi connectivity index (χ0) is 14.8. The van der Waals surface area contributed by atoms with Gasteiger partial charge < -0.3 is 14.8 Å². The third kappa shape index (κ3) is 3.11. The van der Waals surface area contributed by atoms with Crippen LogP contribution in [0, 0.1) is 5.92 Å². The van der Waals surface area contributed by atoms with Crippen molar-refractivity contribution in [1.29, 1.82) is 0 Å². The summed E-state index contributed by atoms with van der Waals surface area (Å²) in [7, 11) is 4.33. The molecule has 3 rings (SSSR count). The van der Waals surface area contributed by atoms with Crippen LogP contribution in [0.5, 0.6) is 0 Å². The molecule has 1 aliphatic rings. The van der Waals surface area contributed by atoms with Gasteiger partial charge in [0, 0.05) is 13.6 Å². The first kappa shape index (κ1) is 14.5. The highest BCUT2D eigenvalue weighted by atomic mass is 15.1. The number of aromatic nitrogens is 2. The van der Waals surface area contributed by atoms with Crippen molar-refractivity contribution in [3.63, 3.8) is 0 Å². The first-order valence-electron chi connectivity index (χ1n) is 7.98. The van der Waals surface area contributed by atoms with Crippen LogP contribution in [-0.4, -0.2) is 41.1 Å². The van der Waals surface area contributed by atoms with Crippen molar-refractivity contribution in [3.8, 4) is 0 Å². The number of piperidine rings is 1. The molecule has 0 amide bonds. The molecular formula is C17H26N4. The molecule has 2 aromatic rings. The predicted molar refractivity (Wildman–Crippen MR) is 87.4 cm³/mol. The van der Waals surface area contributed by atoms with Gasteiger partial charge in [-0.3, -0.25) is 0 Å². The van der Waals surface area contributed by atoms with Gasteiger partial charge in [-0.25, -0.2) is 4.98 Å². The molecule has 2 atom stereocenters. The fourth-order valence-electron chi connectivity index (χ4n) is 3.43. The quantitative estimate of drug-likeness (QED) is 0.938. The summed E-state index contributed by atoms with van der Waals surface area (Å²) in [5.74, 6) is 1.89. The van der Waals surface area contributed by atoms with Gasteiger partial charge in [0.25, 0.3) is 0 Å². The van der Waals surface area contributed by atoms with E-state index in [0.29, 0.717) is 0 Å². The molecule has 0 bridgehead atoms. The standard InChI is InChI=1S/C17H26N4/c1-13(18-11-14-7-6-10-20(2)12-14)17-19-15-8-4-5-9-16(15)21(17)3/h4-5,8-9,13-14,18H,6-7,10-12H2,1-3H3. The number of nitrogens with one attached hydrogen (secondary N) is 1. The topological polar surface area (TPSA) is 33.1 Å². The first-order chi connectivity index (χ1) is 10.1. The number of likely N-dealkylation sites (tertiary alicyclic amines) is 1. The minimum atomic E-state index is 0.287. The van der Waals surface area contributed by atoms with Gasteiger partial charge >= 0.3 is 0 Å². The van der Waals surface area contributed by atoms with Gasteiger partial charge in [-0.05, 0) is 58.0 Å². The number of imidazole rings is 1. The fourth-order valence-corrected chi connectivity index (χ4v) is 3.43. The fraction of sp³-hybridized carbons (Fsp3) is 0.588. The zero-order valence-electron chi connectivity index (χ0n) is 13.3. The molecule has 1 aromatic heterocycles. The Labute approximate surface area is 127 Å². The number of aryl methyl sites for hydroxylation is 1.